The number of rotatable bonds is 2. The van der Waals surface area contributed by atoms with Gasteiger partial charge < -0.3 is 15.2 Å². The number of fused-ring (bicyclic) bond motifs is 2. The average Bonchev–Trinajstić information content (AvgIpc) is 3.04. The summed E-state index contributed by atoms with van der Waals surface area (Å²) in [6.07, 6.45) is -0.857. The summed E-state index contributed by atoms with van der Waals surface area (Å²) in [5.41, 5.74) is 2.63. The van der Waals surface area contributed by atoms with Crippen LogP contribution in [0.15, 0.2) is 42.5 Å². The number of benzene rings is 2. The number of anilines is 1. The standard InChI is InChI=1S/C18H12FNO4/c19-9-5-6-12-13(7-9)20-18(23)16(12)17-11-4-2-1-3-10(11)14(24-17)8-15(21)22/h1-7,14H,8H2,(H,20,23)(H,21,22)/b17-16-. The van der Waals surface area contributed by atoms with Gasteiger partial charge in [0, 0.05) is 16.7 Å². The molecule has 2 heterocycles. The molecule has 0 saturated carbocycles. The molecule has 24 heavy (non-hydrogen) atoms. The first kappa shape index (κ1) is 14.4. The van der Waals surface area contributed by atoms with Crippen molar-refractivity contribution in [3.05, 3.63) is 65.0 Å². The lowest BCUT2D eigenvalue weighted by Crippen LogP contribution is -2.07. The van der Waals surface area contributed by atoms with Gasteiger partial charge >= 0.3 is 5.97 Å². The van der Waals surface area contributed by atoms with Crippen molar-refractivity contribution < 1.29 is 23.8 Å². The number of amides is 1. The molecule has 2 aromatic carbocycles. The van der Waals surface area contributed by atoms with E-state index in [1.54, 1.807) is 24.3 Å². The minimum atomic E-state index is -0.987. The van der Waals surface area contributed by atoms with Gasteiger partial charge in [0.2, 0.25) is 0 Å². The molecule has 2 aromatic rings. The molecule has 0 saturated heterocycles. The zero-order valence-electron chi connectivity index (χ0n) is 12.4. The molecule has 1 amide bonds. The van der Waals surface area contributed by atoms with Gasteiger partial charge in [-0.25, -0.2) is 4.39 Å². The monoisotopic (exact) mass is 325 g/mol. The summed E-state index contributed by atoms with van der Waals surface area (Å²) in [4.78, 5) is 23.5. The molecule has 2 aliphatic rings. The predicted molar refractivity (Wildman–Crippen MR) is 84.4 cm³/mol. The van der Waals surface area contributed by atoms with E-state index in [2.05, 4.69) is 5.32 Å². The van der Waals surface area contributed by atoms with E-state index in [1.165, 1.54) is 18.2 Å². The number of ether oxygens (including phenoxy) is 1. The van der Waals surface area contributed by atoms with Crippen molar-refractivity contribution in [1.29, 1.82) is 0 Å². The molecule has 5 nitrogen and oxygen atoms in total. The van der Waals surface area contributed by atoms with E-state index in [9.17, 15) is 14.0 Å². The van der Waals surface area contributed by atoms with Crippen molar-refractivity contribution >= 4 is 28.9 Å². The Bertz CT molecular complexity index is 919. The van der Waals surface area contributed by atoms with Crippen LogP contribution in [0, 0.1) is 5.82 Å². The van der Waals surface area contributed by atoms with Gasteiger partial charge in [-0.3, -0.25) is 9.59 Å². The highest BCUT2D eigenvalue weighted by molar-refractivity contribution is 6.36. The van der Waals surface area contributed by atoms with Crippen LogP contribution in [0.2, 0.25) is 0 Å². The third kappa shape index (κ3) is 2.15. The number of halogens is 1. The Morgan fingerprint density at radius 3 is 2.79 bits per heavy atom. The van der Waals surface area contributed by atoms with E-state index < -0.39 is 23.8 Å². The van der Waals surface area contributed by atoms with Crippen molar-refractivity contribution in [3.8, 4) is 0 Å². The highest BCUT2D eigenvalue weighted by atomic mass is 19.1. The first-order valence-electron chi connectivity index (χ1n) is 7.38. The van der Waals surface area contributed by atoms with Gasteiger partial charge in [-0.05, 0) is 18.2 Å². The fraction of sp³-hybridized carbons (Fsp3) is 0.111. The van der Waals surface area contributed by atoms with Crippen LogP contribution in [0.25, 0.3) is 11.3 Å². The van der Waals surface area contributed by atoms with Crippen LogP contribution in [0.4, 0.5) is 10.1 Å². The summed E-state index contributed by atoms with van der Waals surface area (Å²) in [7, 11) is 0. The van der Waals surface area contributed by atoms with Crippen LogP contribution in [-0.4, -0.2) is 17.0 Å². The number of nitrogens with one attached hydrogen (secondary N) is 1. The Balaban J connectivity index is 1.90. The summed E-state index contributed by atoms with van der Waals surface area (Å²) in [5, 5.41) is 11.7. The summed E-state index contributed by atoms with van der Waals surface area (Å²) >= 11 is 0. The molecule has 120 valence electrons. The molecule has 1 unspecified atom stereocenters. The number of carbonyl (C=O) groups is 2. The van der Waals surface area contributed by atoms with Gasteiger partial charge in [0.05, 0.1) is 17.7 Å². The van der Waals surface area contributed by atoms with E-state index >= 15 is 0 Å². The second-order valence-electron chi connectivity index (χ2n) is 5.64. The lowest BCUT2D eigenvalue weighted by atomic mass is 9.98. The molecule has 0 fully saturated rings. The lowest BCUT2D eigenvalue weighted by molar-refractivity contribution is -0.139. The van der Waals surface area contributed by atoms with E-state index in [0.29, 0.717) is 28.1 Å². The first-order chi connectivity index (χ1) is 11.5. The predicted octanol–water partition coefficient (Wildman–Crippen LogP) is 3.19. The highest BCUT2D eigenvalue weighted by Crippen LogP contribution is 2.46. The number of carboxylic acid groups (broad SMARTS) is 1. The van der Waals surface area contributed by atoms with Crippen molar-refractivity contribution in [1.82, 2.24) is 0 Å². The molecule has 0 spiro atoms. The molecule has 4 rings (SSSR count). The second-order valence-corrected chi connectivity index (χ2v) is 5.64. The molecule has 0 radical (unpaired) electrons. The lowest BCUT2D eigenvalue weighted by Gasteiger charge is -2.10. The quantitative estimate of drug-likeness (QED) is 0.832. The first-order valence-corrected chi connectivity index (χ1v) is 7.38. The topological polar surface area (TPSA) is 75.6 Å². The molecule has 6 heteroatoms. The number of hydrogen-bond acceptors (Lipinski definition) is 3. The smallest absolute Gasteiger partial charge is 0.307 e. The fourth-order valence-electron chi connectivity index (χ4n) is 3.13. The van der Waals surface area contributed by atoms with E-state index in [4.69, 9.17) is 9.84 Å². The van der Waals surface area contributed by atoms with E-state index in [1.807, 2.05) is 0 Å². The number of carboxylic acids is 1. The SMILES string of the molecule is O=C(O)CC1O/C(=C2\C(=O)Nc3cc(F)ccc32)c2ccccc21. The molecule has 2 aliphatic heterocycles. The van der Waals surface area contributed by atoms with Gasteiger partial charge in [-0.1, -0.05) is 24.3 Å². The maximum absolute atomic E-state index is 13.4. The van der Waals surface area contributed by atoms with Crippen LogP contribution >= 0.6 is 0 Å². The fourth-order valence-corrected chi connectivity index (χ4v) is 3.13. The average molecular weight is 325 g/mol. The van der Waals surface area contributed by atoms with E-state index in [0.717, 1.165) is 5.56 Å². The third-order valence-electron chi connectivity index (χ3n) is 4.13. The van der Waals surface area contributed by atoms with Gasteiger partial charge in [0.25, 0.3) is 5.91 Å². The Morgan fingerprint density at radius 1 is 1.21 bits per heavy atom. The van der Waals surface area contributed by atoms with Gasteiger partial charge in [-0.15, -0.1) is 0 Å². The summed E-state index contributed by atoms with van der Waals surface area (Å²) in [5.74, 6) is -1.49. The molecule has 0 aliphatic carbocycles. The van der Waals surface area contributed by atoms with Crippen LogP contribution in [0.3, 0.4) is 0 Å². The third-order valence-corrected chi connectivity index (χ3v) is 4.13. The largest absolute Gasteiger partial charge is 0.484 e. The molecule has 0 bridgehead atoms. The Kier molecular flexibility index (Phi) is 3.13. The second kappa shape index (κ2) is 5.19. The van der Waals surface area contributed by atoms with Gasteiger partial charge in [0.15, 0.2) is 0 Å². The Morgan fingerprint density at radius 2 is 2.00 bits per heavy atom. The summed E-state index contributed by atoms with van der Waals surface area (Å²) in [6.45, 7) is 0. The number of hydrogen-bond donors (Lipinski definition) is 2. The molecule has 1 atom stereocenters. The van der Waals surface area contributed by atoms with Gasteiger partial charge in [-0.2, -0.15) is 0 Å². The Labute approximate surface area is 136 Å². The van der Waals surface area contributed by atoms with Crippen LogP contribution < -0.4 is 5.32 Å². The van der Waals surface area contributed by atoms with Crippen molar-refractivity contribution in [2.45, 2.75) is 12.5 Å². The highest BCUT2D eigenvalue weighted by Gasteiger charge is 2.36. The Hall–Kier alpha value is -3.15. The van der Waals surface area contributed by atoms with Gasteiger partial charge in [0.1, 0.15) is 17.7 Å². The van der Waals surface area contributed by atoms with Crippen LogP contribution in [-0.2, 0) is 14.3 Å². The summed E-state index contributed by atoms with van der Waals surface area (Å²) < 4.78 is 19.2. The minimum absolute atomic E-state index is 0.203. The maximum Gasteiger partial charge on any atom is 0.307 e. The molecular weight excluding hydrogens is 313 g/mol. The maximum atomic E-state index is 13.4. The minimum Gasteiger partial charge on any atom is -0.484 e. The molecule has 0 aromatic heterocycles. The summed E-state index contributed by atoms with van der Waals surface area (Å²) in [6, 6.07) is 11.2. The van der Waals surface area contributed by atoms with E-state index in [-0.39, 0.29) is 6.42 Å². The molecule has 2 N–H and O–H groups in total. The van der Waals surface area contributed by atoms with Crippen molar-refractivity contribution in [2.24, 2.45) is 0 Å². The van der Waals surface area contributed by atoms with Crippen LogP contribution in [0.1, 0.15) is 29.2 Å². The zero-order valence-corrected chi connectivity index (χ0v) is 12.4. The molecular formula is C18H12FNO4. The van der Waals surface area contributed by atoms with Crippen molar-refractivity contribution in [2.75, 3.05) is 5.32 Å². The normalized spacial score (nSPS) is 21.0. The zero-order chi connectivity index (χ0) is 16.8. The van der Waals surface area contributed by atoms with Crippen LogP contribution in [0.5, 0.6) is 0 Å². The number of carbonyl (C=O) groups excluding carboxylic acids is 1. The van der Waals surface area contributed by atoms with Crippen molar-refractivity contribution in [3.63, 3.8) is 0 Å². The number of aliphatic carboxylic acids is 1.